The first kappa shape index (κ1) is 17.2. The summed E-state index contributed by atoms with van der Waals surface area (Å²) in [6.45, 7) is 3.85. The van der Waals surface area contributed by atoms with E-state index in [1.165, 1.54) is 5.39 Å². The molecular formula is C19H25N5O. The van der Waals surface area contributed by atoms with Crippen LogP contribution >= 0.6 is 0 Å². The number of aliphatic imine (C=N–C) groups is 1. The average molecular weight is 339 g/mol. The fraction of sp³-hybridized carbons (Fsp3) is 0.421. The number of carbonyl (C=O) groups is 1. The lowest BCUT2D eigenvalue weighted by molar-refractivity contribution is -0.129. The third-order valence-corrected chi connectivity index (χ3v) is 4.68. The average Bonchev–Trinajstić information content (AvgIpc) is 2.65. The number of piperidine rings is 1. The largest absolute Gasteiger partial charge is 0.354 e. The summed E-state index contributed by atoms with van der Waals surface area (Å²) in [5.74, 6) is 0.930. The number of fused-ring (bicyclic) bond motifs is 1. The molecule has 0 bridgehead atoms. The number of nitrogens with zero attached hydrogens (tertiary/aromatic N) is 3. The van der Waals surface area contributed by atoms with Crippen LogP contribution in [-0.4, -0.2) is 47.9 Å². The van der Waals surface area contributed by atoms with Gasteiger partial charge in [-0.15, -0.1) is 0 Å². The van der Waals surface area contributed by atoms with Gasteiger partial charge in [0.15, 0.2) is 5.96 Å². The Balaban J connectivity index is 1.57. The predicted molar refractivity (Wildman–Crippen MR) is 100 cm³/mol. The third-order valence-electron chi connectivity index (χ3n) is 4.68. The molecule has 1 aliphatic rings. The molecule has 2 heterocycles. The number of nitrogens with one attached hydrogen (secondary N) is 2. The molecule has 1 saturated heterocycles. The number of guanidine groups is 1. The topological polar surface area (TPSA) is 69.6 Å². The van der Waals surface area contributed by atoms with Crippen molar-refractivity contribution < 1.29 is 4.79 Å². The molecule has 0 radical (unpaired) electrons. The van der Waals surface area contributed by atoms with Crippen molar-refractivity contribution in [3.63, 3.8) is 0 Å². The number of aromatic nitrogens is 1. The molecule has 3 rings (SSSR count). The quantitative estimate of drug-likeness (QED) is 0.662. The van der Waals surface area contributed by atoms with Gasteiger partial charge in [0.25, 0.3) is 0 Å². The van der Waals surface area contributed by atoms with Crippen molar-refractivity contribution in [1.29, 1.82) is 0 Å². The SMILES string of the molecule is CN=C(NCc1nccc2ccccc12)NC1CCN(C(C)=O)CC1. The Morgan fingerprint density at radius 2 is 2.04 bits per heavy atom. The Kier molecular flexibility index (Phi) is 5.48. The van der Waals surface area contributed by atoms with E-state index in [1.807, 2.05) is 29.3 Å². The van der Waals surface area contributed by atoms with Crippen LogP contribution in [0.1, 0.15) is 25.5 Å². The Labute approximate surface area is 148 Å². The maximum Gasteiger partial charge on any atom is 0.219 e. The number of hydrogen-bond acceptors (Lipinski definition) is 3. The lowest BCUT2D eigenvalue weighted by atomic mass is 10.1. The number of carbonyl (C=O) groups excluding carboxylic acids is 1. The minimum atomic E-state index is 0.156. The highest BCUT2D eigenvalue weighted by atomic mass is 16.2. The normalized spacial score (nSPS) is 16.1. The second-order valence-corrected chi connectivity index (χ2v) is 6.33. The van der Waals surface area contributed by atoms with Gasteiger partial charge in [-0.1, -0.05) is 24.3 Å². The molecule has 1 fully saturated rings. The van der Waals surface area contributed by atoms with E-state index in [1.54, 1.807) is 14.0 Å². The summed E-state index contributed by atoms with van der Waals surface area (Å²) in [6, 6.07) is 10.6. The van der Waals surface area contributed by atoms with E-state index in [2.05, 4.69) is 32.7 Å². The van der Waals surface area contributed by atoms with Crippen LogP contribution in [0.5, 0.6) is 0 Å². The standard InChI is InChI=1S/C19H25N5O/c1-14(25)24-11-8-16(9-12-24)23-19(20-2)22-13-18-17-6-4-3-5-15(17)7-10-21-18/h3-7,10,16H,8-9,11-13H2,1-2H3,(H2,20,22,23). The summed E-state index contributed by atoms with van der Waals surface area (Å²) in [7, 11) is 1.77. The molecule has 2 aromatic rings. The van der Waals surface area contributed by atoms with Crippen molar-refractivity contribution in [2.75, 3.05) is 20.1 Å². The highest BCUT2D eigenvalue weighted by molar-refractivity contribution is 5.85. The van der Waals surface area contributed by atoms with Crippen LogP contribution in [-0.2, 0) is 11.3 Å². The fourth-order valence-electron chi connectivity index (χ4n) is 3.22. The van der Waals surface area contributed by atoms with E-state index < -0.39 is 0 Å². The molecule has 0 saturated carbocycles. The maximum atomic E-state index is 11.4. The molecule has 0 spiro atoms. The minimum absolute atomic E-state index is 0.156. The minimum Gasteiger partial charge on any atom is -0.354 e. The Morgan fingerprint density at radius 3 is 2.76 bits per heavy atom. The second-order valence-electron chi connectivity index (χ2n) is 6.33. The number of likely N-dealkylation sites (tertiary alicyclic amines) is 1. The molecular weight excluding hydrogens is 314 g/mol. The molecule has 0 aliphatic carbocycles. The Hall–Kier alpha value is -2.63. The number of pyridine rings is 1. The lowest BCUT2D eigenvalue weighted by Crippen LogP contribution is -2.49. The van der Waals surface area contributed by atoms with E-state index in [0.717, 1.165) is 43.0 Å². The van der Waals surface area contributed by atoms with Crippen LogP contribution in [0, 0.1) is 0 Å². The van der Waals surface area contributed by atoms with Gasteiger partial charge in [-0.2, -0.15) is 0 Å². The number of benzene rings is 1. The smallest absolute Gasteiger partial charge is 0.219 e. The summed E-state index contributed by atoms with van der Waals surface area (Å²) in [6.07, 6.45) is 3.71. The van der Waals surface area contributed by atoms with E-state index in [9.17, 15) is 4.79 Å². The lowest BCUT2D eigenvalue weighted by Gasteiger charge is -2.32. The van der Waals surface area contributed by atoms with Gasteiger partial charge < -0.3 is 15.5 Å². The molecule has 1 amide bonds. The van der Waals surface area contributed by atoms with E-state index >= 15 is 0 Å². The molecule has 1 aromatic carbocycles. The summed E-state index contributed by atoms with van der Waals surface area (Å²) in [5.41, 5.74) is 1.01. The first-order valence-corrected chi connectivity index (χ1v) is 8.72. The van der Waals surface area contributed by atoms with Crippen molar-refractivity contribution in [3.8, 4) is 0 Å². The zero-order chi connectivity index (χ0) is 17.6. The van der Waals surface area contributed by atoms with E-state index in [4.69, 9.17) is 0 Å². The Morgan fingerprint density at radius 1 is 1.28 bits per heavy atom. The second kappa shape index (κ2) is 7.96. The van der Waals surface area contributed by atoms with Gasteiger partial charge in [-0.05, 0) is 24.3 Å². The fourth-order valence-corrected chi connectivity index (χ4v) is 3.22. The van der Waals surface area contributed by atoms with Gasteiger partial charge in [0.05, 0.1) is 12.2 Å². The molecule has 2 N–H and O–H groups in total. The molecule has 0 unspecified atom stereocenters. The summed E-state index contributed by atoms with van der Waals surface area (Å²) >= 11 is 0. The van der Waals surface area contributed by atoms with Crippen molar-refractivity contribution in [2.45, 2.75) is 32.4 Å². The zero-order valence-corrected chi connectivity index (χ0v) is 14.8. The molecule has 132 valence electrons. The molecule has 1 aliphatic heterocycles. The Bertz CT molecular complexity index is 760. The van der Waals surface area contributed by atoms with Crippen LogP contribution in [0.4, 0.5) is 0 Å². The van der Waals surface area contributed by atoms with Gasteiger partial charge in [0, 0.05) is 44.7 Å². The van der Waals surface area contributed by atoms with Crippen LogP contribution in [0.15, 0.2) is 41.5 Å². The van der Waals surface area contributed by atoms with Crippen LogP contribution in [0.25, 0.3) is 10.8 Å². The molecule has 1 aromatic heterocycles. The van der Waals surface area contributed by atoms with Crippen LogP contribution in [0.3, 0.4) is 0 Å². The van der Waals surface area contributed by atoms with Crippen molar-refractivity contribution in [2.24, 2.45) is 4.99 Å². The highest BCUT2D eigenvalue weighted by Gasteiger charge is 2.21. The van der Waals surface area contributed by atoms with Gasteiger partial charge in [-0.25, -0.2) is 0 Å². The van der Waals surface area contributed by atoms with Crippen LogP contribution in [0.2, 0.25) is 0 Å². The molecule has 25 heavy (non-hydrogen) atoms. The third kappa shape index (κ3) is 4.26. The van der Waals surface area contributed by atoms with Gasteiger partial charge in [-0.3, -0.25) is 14.8 Å². The first-order valence-electron chi connectivity index (χ1n) is 8.72. The first-order chi connectivity index (χ1) is 12.2. The zero-order valence-electron chi connectivity index (χ0n) is 14.8. The summed E-state index contributed by atoms with van der Waals surface area (Å²) in [5, 5.41) is 9.16. The van der Waals surface area contributed by atoms with Crippen LogP contribution < -0.4 is 10.6 Å². The van der Waals surface area contributed by atoms with Crippen molar-refractivity contribution in [3.05, 3.63) is 42.2 Å². The molecule has 0 atom stereocenters. The predicted octanol–water partition coefficient (Wildman–Crippen LogP) is 1.91. The maximum absolute atomic E-state index is 11.4. The van der Waals surface area contributed by atoms with Crippen molar-refractivity contribution in [1.82, 2.24) is 20.5 Å². The molecule has 6 nitrogen and oxygen atoms in total. The van der Waals surface area contributed by atoms with Crippen molar-refractivity contribution >= 4 is 22.6 Å². The monoisotopic (exact) mass is 339 g/mol. The van der Waals surface area contributed by atoms with E-state index in [0.29, 0.717) is 12.6 Å². The van der Waals surface area contributed by atoms with Gasteiger partial charge in [0.2, 0.25) is 5.91 Å². The molecule has 6 heteroatoms. The number of amides is 1. The number of rotatable bonds is 3. The van der Waals surface area contributed by atoms with Gasteiger partial charge in [0.1, 0.15) is 0 Å². The number of hydrogen-bond donors (Lipinski definition) is 2. The summed E-state index contributed by atoms with van der Waals surface area (Å²) < 4.78 is 0. The summed E-state index contributed by atoms with van der Waals surface area (Å²) in [4.78, 5) is 22.1. The van der Waals surface area contributed by atoms with Gasteiger partial charge >= 0.3 is 0 Å². The van der Waals surface area contributed by atoms with E-state index in [-0.39, 0.29) is 5.91 Å². The highest BCUT2D eigenvalue weighted by Crippen LogP contribution is 2.16.